The molecule has 31 heavy (non-hydrogen) atoms. The molecule has 1 atom stereocenters. The van der Waals surface area contributed by atoms with Crippen LogP contribution in [0.3, 0.4) is 0 Å². The number of halogens is 2. The number of carbonyl (C=O) groups is 3. The molecule has 1 aliphatic rings. The number of piperidine rings is 1. The van der Waals surface area contributed by atoms with Crippen molar-refractivity contribution >= 4 is 29.3 Å². The molecule has 1 heterocycles. The lowest BCUT2D eigenvalue weighted by molar-refractivity contribution is -0.128. The number of nitrogens with one attached hydrogen (secondary N) is 2. The zero-order valence-corrected chi connectivity index (χ0v) is 18.0. The van der Waals surface area contributed by atoms with Crippen LogP contribution in [0.15, 0.2) is 48.5 Å². The maximum Gasteiger partial charge on any atom is 0.253 e. The molecule has 1 aliphatic heterocycles. The molecule has 1 fully saturated rings. The first kappa shape index (κ1) is 22.7. The Balaban J connectivity index is 1.56. The molecule has 2 aromatic rings. The molecule has 8 heteroatoms. The summed E-state index contributed by atoms with van der Waals surface area (Å²) in [6.45, 7) is 2.33. The number of benzene rings is 2. The van der Waals surface area contributed by atoms with Gasteiger partial charge < -0.3 is 15.5 Å². The maximum atomic E-state index is 13.1. The third-order valence-electron chi connectivity index (χ3n) is 5.30. The van der Waals surface area contributed by atoms with Crippen molar-refractivity contribution in [3.05, 3.63) is 70.5 Å². The topological polar surface area (TPSA) is 78.5 Å². The van der Waals surface area contributed by atoms with E-state index in [1.54, 1.807) is 17.0 Å². The minimum absolute atomic E-state index is 0.104. The van der Waals surface area contributed by atoms with Crippen molar-refractivity contribution in [1.29, 1.82) is 0 Å². The first-order valence-electron chi connectivity index (χ1n) is 10.2. The Hall–Kier alpha value is -2.93. The van der Waals surface area contributed by atoms with Crippen LogP contribution in [0.25, 0.3) is 0 Å². The second kappa shape index (κ2) is 10.4. The first-order chi connectivity index (χ1) is 14.8. The molecule has 0 radical (unpaired) electrons. The highest BCUT2D eigenvalue weighted by atomic mass is 35.5. The van der Waals surface area contributed by atoms with Gasteiger partial charge in [-0.1, -0.05) is 29.8 Å². The molecule has 0 saturated carbocycles. The van der Waals surface area contributed by atoms with Gasteiger partial charge >= 0.3 is 0 Å². The van der Waals surface area contributed by atoms with E-state index in [-0.39, 0.29) is 36.0 Å². The number of nitrogens with zero attached hydrogens (tertiary/aromatic N) is 1. The van der Waals surface area contributed by atoms with Gasteiger partial charge in [-0.25, -0.2) is 4.39 Å². The van der Waals surface area contributed by atoms with Crippen molar-refractivity contribution < 1.29 is 18.8 Å². The van der Waals surface area contributed by atoms with Crippen LogP contribution in [0.5, 0.6) is 0 Å². The van der Waals surface area contributed by atoms with Gasteiger partial charge in [0.1, 0.15) is 11.9 Å². The summed E-state index contributed by atoms with van der Waals surface area (Å²) in [5, 5.41) is 6.22. The third kappa shape index (κ3) is 6.28. The molecule has 3 rings (SSSR count). The normalized spacial score (nSPS) is 15.3. The summed E-state index contributed by atoms with van der Waals surface area (Å²) < 4.78 is 13.1. The summed E-state index contributed by atoms with van der Waals surface area (Å²) in [6, 6.07) is 11.8. The van der Waals surface area contributed by atoms with Crippen molar-refractivity contribution in [2.75, 3.05) is 13.1 Å². The van der Waals surface area contributed by atoms with E-state index in [1.165, 1.54) is 31.2 Å². The standard InChI is InChI=1S/C23H25ClFN3O3/c1-15(29)26-21(14-17-4-2-3-5-20(17)24)22(30)27-19-10-12-28(13-11-19)23(31)16-6-8-18(25)9-7-16/h2-9,19,21H,10-14H2,1H3,(H,26,29)(H,27,30)/t21-/m0/s1. The highest BCUT2D eigenvalue weighted by molar-refractivity contribution is 6.31. The van der Waals surface area contributed by atoms with E-state index in [2.05, 4.69) is 10.6 Å². The van der Waals surface area contributed by atoms with Gasteiger partial charge in [0.25, 0.3) is 5.91 Å². The van der Waals surface area contributed by atoms with Gasteiger partial charge in [-0.2, -0.15) is 0 Å². The lowest BCUT2D eigenvalue weighted by atomic mass is 10.0. The number of carbonyl (C=O) groups excluding carboxylic acids is 3. The summed E-state index contributed by atoms with van der Waals surface area (Å²) in [5.74, 6) is -1.12. The molecule has 0 bridgehead atoms. The second-order valence-electron chi connectivity index (χ2n) is 7.63. The van der Waals surface area contributed by atoms with Gasteiger partial charge in [-0.05, 0) is 48.7 Å². The third-order valence-corrected chi connectivity index (χ3v) is 5.66. The molecule has 2 N–H and O–H groups in total. The van der Waals surface area contributed by atoms with Crippen molar-refractivity contribution in [2.24, 2.45) is 0 Å². The molecule has 3 amide bonds. The fourth-order valence-electron chi connectivity index (χ4n) is 3.64. The predicted octanol–water partition coefficient (Wildman–Crippen LogP) is 2.95. The molecule has 0 spiro atoms. The maximum absolute atomic E-state index is 13.1. The van der Waals surface area contributed by atoms with Crippen LogP contribution in [-0.2, 0) is 16.0 Å². The van der Waals surface area contributed by atoms with Crippen LogP contribution in [0.1, 0.15) is 35.7 Å². The van der Waals surface area contributed by atoms with Crippen molar-refractivity contribution in [1.82, 2.24) is 15.5 Å². The molecular formula is C23H25ClFN3O3. The Morgan fingerprint density at radius 1 is 1.10 bits per heavy atom. The molecule has 164 valence electrons. The summed E-state index contributed by atoms with van der Waals surface area (Å²) in [4.78, 5) is 38.7. The van der Waals surface area contributed by atoms with Gasteiger partial charge in [0.15, 0.2) is 0 Å². The fraction of sp³-hybridized carbons (Fsp3) is 0.348. The molecule has 0 aliphatic carbocycles. The molecule has 2 aromatic carbocycles. The minimum atomic E-state index is -0.740. The number of hydrogen-bond donors (Lipinski definition) is 2. The van der Waals surface area contributed by atoms with Crippen molar-refractivity contribution in [3.63, 3.8) is 0 Å². The number of likely N-dealkylation sites (tertiary alicyclic amines) is 1. The van der Waals surface area contributed by atoms with E-state index < -0.39 is 6.04 Å². The van der Waals surface area contributed by atoms with E-state index in [0.717, 1.165) is 5.56 Å². The Morgan fingerprint density at radius 3 is 2.35 bits per heavy atom. The monoisotopic (exact) mass is 445 g/mol. The van der Waals surface area contributed by atoms with Crippen LogP contribution in [0.2, 0.25) is 5.02 Å². The Bertz CT molecular complexity index is 943. The molecule has 0 unspecified atom stereocenters. The SMILES string of the molecule is CC(=O)N[C@@H](Cc1ccccc1Cl)C(=O)NC1CCN(C(=O)c2ccc(F)cc2)CC1. The van der Waals surface area contributed by atoms with Crippen LogP contribution < -0.4 is 10.6 Å². The summed E-state index contributed by atoms with van der Waals surface area (Å²) in [6.07, 6.45) is 1.47. The minimum Gasteiger partial charge on any atom is -0.351 e. The van der Waals surface area contributed by atoms with E-state index in [9.17, 15) is 18.8 Å². The Labute approximate surface area is 185 Å². The molecule has 1 saturated heterocycles. The van der Waals surface area contributed by atoms with Crippen molar-refractivity contribution in [3.8, 4) is 0 Å². The highest BCUT2D eigenvalue weighted by Gasteiger charge is 2.28. The Kier molecular flexibility index (Phi) is 7.63. The smallest absolute Gasteiger partial charge is 0.253 e. The fourth-order valence-corrected chi connectivity index (χ4v) is 3.86. The first-order valence-corrected chi connectivity index (χ1v) is 10.6. The molecular weight excluding hydrogens is 421 g/mol. The van der Waals surface area contributed by atoms with E-state index >= 15 is 0 Å². The van der Waals surface area contributed by atoms with Crippen LogP contribution in [0, 0.1) is 5.82 Å². The van der Waals surface area contributed by atoms with Gasteiger partial charge in [0, 0.05) is 43.1 Å². The average molecular weight is 446 g/mol. The quantitative estimate of drug-likeness (QED) is 0.717. The van der Waals surface area contributed by atoms with E-state index in [4.69, 9.17) is 11.6 Å². The van der Waals surface area contributed by atoms with Crippen LogP contribution >= 0.6 is 11.6 Å². The van der Waals surface area contributed by atoms with Gasteiger partial charge in [-0.15, -0.1) is 0 Å². The lowest BCUT2D eigenvalue weighted by Crippen LogP contribution is -2.53. The highest BCUT2D eigenvalue weighted by Crippen LogP contribution is 2.18. The van der Waals surface area contributed by atoms with Gasteiger partial charge in [0.05, 0.1) is 0 Å². The zero-order valence-electron chi connectivity index (χ0n) is 17.2. The average Bonchev–Trinajstić information content (AvgIpc) is 2.75. The summed E-state index contributed by atoms with van der Waals surface area (Å²) in [5.41, 5.74) is 1.21. The summed E-state index contributed by atoms with van der Waals surface area (Å²) >= 11 is 6.20. The summed E-state index contributed by atoms with van der Waals surface area (Å²) in [7, 11) is 0. The van der Waals surface area contributed by atoms with Crippen LogP contribution in [0.4, 0.5) is 4.39 Å². The lowest BCUT2D eigenvalue weighted by Gasteiger charge is -2.33. The Morgan fingerprint density at radius 2 is 1.74 bits per heavy atom. The van der Waals surface area contributed by atoms with Crippen LogP contribution in [-0.4, -0.2) is 47.8 Å². The number of hydrogen-bond acceptors (Lipinski definition) is 3. The molecule has 0 aromatic heterocycles. The number of rotatable bonds is 6. The van der Waals surface area contributed by atoms with Gasteiger partial charge in [0.2, 0.25) is 11.8 Å². The van der Waals surface area contributed by atoms with E-state index in [0.29, 0.717) is 36.5 Å². The van der Waals surface area contributed by atoms with E-state index in [1.807, 2.05) is 12.1 Å². The number of amides is 3. The largest absolute Gasteiger partial charge is 0.351 e. The van der Waals surface area contributed by atoms with Crippen molar-refractivity contribution in [2.45, 2.75) is 38.3 Å². The second-order valence-corrected chi connectivity index (χ2v) is 8.04. The predicted molar refractivity (Wildman–Crippen MR) is 116 cm³/mol. The zero-order chi connectivity index (χ0) is 22.4. The molecule has 6 nitrogen and oxygen atoms in total. The van der Waals surface area contributed by atoms with Gasteiger partial charge in [-0.3, -0.25) is 14.4 Å².